The Morgan fingerprint density at radius 1 is 0.468 bits per heavy atom. The highest BCUT2D eigenvalue weighted by atomic mass is 16.5. The van der Waals surface area contributed by atoms with Crippen LogP contribution in [0, 0.1) is 29.6 Å². The van der Waals surface area contributed by atoms with Crippen LogP contribution < -0.4 is 4.74 Å². The number of benzene rings is 6. The molecule has 7 aromatic rings. The Labute approximate surface area is 364 Å². The molecule has 4 bridgehead atoms. The molecular weight excluding hydrogens is 755 g/mol. The van der Waals surface area contributed by atoms with Gasteiger partial charge in [0, 0.05) is 27.8 Å². The Bertz CT molecular complexity index is 2890. The fraction of sp³-hybridized carbons (Fsp3) is 0.328. The molecule has 1 aliphatic heterocycles. The van der Waals surface area contributed by atoms with E-state index >= 15 is 0 Å². The third-order valence-corrected chi connectivity index (χ3v) is 17.5. The molecule has 6 aliphatic carbocycles. The van der Waals surface area contributed by atoms with Crippen molar-refractivity contribution in [2.75, 3.05) is 0 Å². The monoisotopic (exact) mass is 805 g/mol. The highest BCUT2D eigenvalue weighted by Crippen LogP contribution is 2.67. The summed E-state index contributed by atoms with van der Waals surface area (Å²) in [6, 6.07) is 51.7. The third kappa shape index (κ3) is 4.98. The lowest BCUT2D eigenvalue weighted by atomic mass is 9.66. The standard InChI is InChI=1S/C58H51N3O/c1-56(30-35-14-15-36(28-35)31-56)42-23-18-37(19-24-42)53-59-54(38-20-25-43(26-21-38)57-32-40-16-17-41(33-57)46(40)34-57)61-55(60-53)39-22-27-52-50(29-39)58(49-12-6-7-13-51(49)62-52)47-10-4-2-8-44(47)45-9-3-5-11-48(45)58/h2-13,18-27,29,35-36,40-41,46H,14-17,28,30-34H2,1H3/t35-,36?,40+,41?,46?,56?,57?/m1/s1. The van der Waals surface area contributed by atoms with Crippen LogP contribution in [0.4, 0.5) is 0 Å². The fourth-order valence-electron chi connectivity index (χ4n) is 15.0. The third-order valence-electron chi connectivity index (χ3n) is 17.5. The zero-order valence-corrected chi connectivity index (χ0v) is 35.5. The molecule has 1 aromatic heterocycles. The Kier molecular flexibility index (Phi) is 7.40. The van der Waals surface area contributed by atoms with E-state index in [0.29, 0.717) is 17.1 Å². The molecule has 6 aromatic carbocycles. The van der Waals surface area contributed by atoms with E-state index in [2.05, 4.69) is 146 Å². The molecule has 0 saturated heterocycles. The van der Waals surface area contributed by atoms with Gasteiger partial charge in [-0.1, -0.05) is 135 Å². The van der Waals surface area contributed by atoms with Crippen LogP contribution in [0.5, 0.6) is 11.5 Å². The molecule has 14 rings (SSSR count). The Hall–Kier alpha value is -5.87. The van der Waals surface area contributed by atoms with Crippen LogP contribution in [0.15, 0.2) is 140 Å². The molecule has 5 fully saturated rings. The second-order valence-corrected chi connectivity index (χ2v) is 20.8. The number of rotatable bonds is 5. The van der Waals surface area contributed by atoms with E-state index in [1.165, 1.54) is 97.6 Å². The van der Waals surface area contributed by atoms with Crippen molar-refractivity contribution >= 4 is 0 Å². The number of nitrogens with zero attached hydrogens (tertiary/aromatic N) is 3. The molecule has 0 N–H and O–H groups in total. The number of hydrogen-bond donors (Lipinski definition) is 0. The molecule has 0 amide bonds. The van der Waals surface area contributed by atoms with E-state index in [1.54, 1.807) is 0 Å². The van der Waals surface area contributed by atoms with Crippen molar-refractivity contribution in [1.29, 1.82) is 0 Å². The maximum atomic E-state index is 6.80. The second kappa shape index (κ2) is 12.8. The van der Waals surface area contributed by atoms with E-state index in [9.17, 15) is 0 Å². The summed E-state index contributed by atoms with van der Waals surface area (Å²) in [6.07, 6.45) is 13.8. The molecule has 2 heterocycles. The number of aromatic nitrogens is 3. The lowest BCUT2D eigenvalue weighted by molar-refractivity contribution is 0.232. The van der Waals surface area contributed by atoms with Gasteiger partial charge < -0.3 is 4.74 Å². The van der Waals surface area contributed by atoms with Crippen molar-refractivity contribution < 1.29 is 4.74 Å². The van der Waals surface area contributed by atoms with Gasteiger partial charge in [-0.05, 0) is 149 Å². The quantitative estimate of drug-likeness (QED) is 0.174. The predicted octanol–water partition coefficient (Wildman–Crippen LogP) is 13.9. The summed E-state index contributed by atoms with van der Waals surface area (Å²) in [5, 5.41) is 0. The average molecular weight is 806 g/mol. The molecule has 4 heteroatoms. The lowest BCUT2D eigenvalue weighted by Gasteiger charge is -2.39. The Morgan fingerprint density at radius 3 is 1.60 bits per heavy atom. The van der Waals surface area contributed by atoms with Gasteiger partial charge >= 0.3 is 0 Å². The van der Waals surface area contributed by atoms with Gasteiger partial charge in [-0.2, -0.15) is 0 Å². The van der Waals surface area contributed by atoms with E-state index in [1.807, 2.05) is 0 Å². The largest absolute Gasteiger partial charge is 0.457 e. The number of ether oxygens (including phenoxy) is 1. The van der Waals surface area contributed by atoms with Crippen molar-refractivity contribution in [3.05, 3.63) is 173 Å². The van der Waals surface area contributed by atoms with Crippen molar-refractivity contribution in [1.82, 2.24) is 15.0 Å². The summed E-state index contributed by atoms with van der Waals surface area (Å²) in [5.74, 6) is 8.42. The van der Waals surface area contributed by atoms with Crippen LogP contribution in [0.25, 0.3) is 45.3 Å². The summed E-state index contributed by atoms with van der Waals surface area (Å²) in [6.45, 7) is 2.50. The maximum absolute atomic E-state index is 6.80. The van der Waals surface area contributed by atoms with Gasteiger partial charge in [0.2, 0.25) is 0 Å². The van der Waals surface area contributed by atoms with Crippen LogP contribution in [0.1, 0.15) is 105 Å². The minimum Gasteiger partial charge on any atom is -0.457 e. The summed E-state index contributed by atoms with van der Waals surface area (Å²) in [7, 11) is 0. The summed E-state index contributed by atoms with van der Waals surface area (Å²) >= 11 is 0. The highest BCUT2D eigenvalue weighted by molar-refractivity contribution is 5.89. The topological polar surface area (TPSA) is 47.9 Å². The van der Waals surface area contributed by atoms with Gasteiger partial charge in [0.1, 0.15) is 11.5 Å². The van der Waals surface area contributed by atoms with Crippen LogP contribution in [0.2, 0.25) is 0 Å². The maximum Gasteiger partial charge on any atom is 0.164 e. The molecule has 7 aliphatic rings. The smallest absolute Gasteiger partial charge is 0.164 e. The van der Waals surface area contributed by atoms with Crippen molar-refractivity contribution in [3.63, 3.8) is 0 Å². The summed E-state index contributed by atoms with van der Waals surface area (Å²) in [5.41, 5.74) is 13.4. The van der Waals surface area contributed by atoms with Gasteiger partial charge in [-0.3, -0.25) is 0 Å². The van der Waals surface area contributed by atoms with E-state index in [0.717, 1.165) is 74.7 Å². The first-order chi connectivity index (χ1) is 30.4. The van der Waals surface area contributed by atoms with Gasteiger partial charge in [0.15, 0.2) is 17.5 Å². The lowest BCUT2D eigenvalue weighted by Crippen LogP contribution is -2.32. The molecule has 7 atom stereocenters. The first-order valence-electron chi connectivity index (χ1n) is 23.5. The minimum atomic E-state index is -0.565. The van der Waals surface area contributed by atoms with Crippen LogP contribution >= 0.6 is 0 Å². The summed E-state index contributed by atoms with van der Waals surface area (Å²) < 4.78 is 6.80. The van der Waals surface area contributed by atoms with Gasteiger partial charge in [-0.15, -0.1) is 0 Å². The normalized spacial score (nSPS) is 28.6. The van der Waals surface area contributed by atoms with E-state index < -0.39 is 5.41 Å². The minimum absolute atomic E-state index is 0.231. The molecule has 4 nitrogen and oxygen atoms in total. The van der Waals surface area contributed by atoms with Gasteiger partial charge in [-0.25, -0.2) is 15.0 Å². The first-order valence-corrected chi connectivity index (χ1v) is 23.5. The van der Waals surface area contributed by atoms with Crippen molar-refractivity contribution in [2.24, 2.45) is 29.6 Å². The average Bonchev–Trinajstić information content (AvgIpc) is 4.10. The Balaban J connectivity index is 0.916. The molecule has 0 radical (unpaired) electrons. The van der Waals surface area contributed by atoms with Crippen LogP contribution in [-0.2, 0) is 16.2 Å². The number of hydrogen-bond acceptors (Lipinski definition) is 4. The fourth-order valence-corrected chi connectivity index (χ4v) is 15.0. The van der Waals surface area contributed by atoms with Gasteiger partial charge in [0.05, 0.1) is 5.41 Å². The highest BCUT2D eigenvalue weighted by Gasteiger charge is 2.58. The SMILES string of the molecule is CC1(c2ccc(-c3nc(-c4ccc(C56CC7CC[C@@H](C5)C7C6)cc4)nc(-c4ccc5c(c4)C4(c6ccccc6O5)c5ccccc5-c5ccccc54)n3)cc2)CC2CC[C@H](C2)C1. The van der Waals surface area contributed by atoms with Gasteiger partial charge in [0.25, 0.3) is 0 Å². The number of fused-ring (bicyclic) bond motifs is 12. The summed E-state index contributed by atoms with van der Waals surface area (Å²) in [4.78, 5) is 16.0. The first kappa shape index (κ1) is 35.7. The van der Waals surface area contributed by atoms with E-state index in [4.69, 9.17) is 19.7 Å². The predicted molar refractivity (Wildman–Crippen MR) is 246 cm³/mol. The zero-order chi connectivity index (χ0) is 40.8. The van der Waals surface area contributed by atoms with Crippen LogP contribution in [-0.4, -0.2) is 15.0 Å². The van der Waals surface area contributed by atoms with Crippen molar-refractivity contribution in [3.8, 4) is 56.8 Å². The van der Waals surface area contributed by atoms with Crippen molar-refractivity contribution in [2.45, 2.75) is 87.4 Å². The second-order valence-electron chi connectivity index (χ2n) is 20.8. The molecule has 304 valence electrons. The molecule has 5 unspecified atom stereocenters. The Morgan fingerprint density at radius 2 is 0.984 bits per heavy atom. The molecule has 62 heavy (non-hydrogen) atoms. The molecular formula is C58H51N3O. The molecule has 5 saturated carbocycles. The van der Waals surface area contributed by atoms with Crippen LogP contribution in [0.3, 0.4) is 0 Å². The molecule has 1 spiro atoms. The van der Waals surface area contributed by atoms with E-state index in [-0.39, 0.29) is 5.41 Å². The number of para-hydroxylation sites is 1. The zero-order valence-electron chi connectivity index (χ0n) is 35.5.